The smallest absolute Gasteiger partial charge is 0.112 e. The van der Waals surface area contributed by atoms with Crippen molar-refractivity contribution in [3.05, 3.63) is 108 Å². The number of hydrogen-bond acceptors (Lipinski definition) is 3. The molecule has 0 unspecified atom stereocenters. The Morgan fingerprint density at radius 2 is 1.21 bits per heavy atom. The first-order valence-corrected chi connectivity index (χ1v) is 10.9. The average Bonchev–Trinajstić information content (AvgIpc) is 2.79. The Morgan fingerprint density at radius 3 is 1.55 bits per heavy atom. The van der Waals surface area contributed by atoms with Crippen LogP contribution in [0.1, 0.15) is 43.4 Å². The van der Waals surface area contributed by atoms with Crippen LogP contribution in [-0.2, 0) is 9.48 Å². The molecule has 2 nitrogen and oxygen atoms in total. The number of hydrogen-bond donors (Lipinski definition) is 0. The van der Waals surface area contributed by atoms with Crippen LogP contribution in [0.5, 0.6) is 0 Å². The van der Waals surface area contributed by atoms with Crippen molar-refractivity contribution < 1.29 is 4.74 Å². The van der Waals surface area contributed by atoms with Gasteiger partial charge in [0, 0.05) is 13.3 Å². The van der Waals surface area contributed by atoms with E-state index in [2.05, 4.69) is 105 Å². The minimum absolute atomic E-state index is 0.364. The predicted octanol–water partition coefficient (Wildman–Crippen LogP) is 6.90. The Bertz CT molecular complexity index is 799. The minimum Gasteiger partial charge on any atom is -0.373 e. The third-order valence-corrected chi connectivity index (χ3v) is 6.46. The molecule has 1 atom stereocenters. The molecule has 150 valence electrons. The highest BCUT2D eigenvalue weighted by atomic mass is 32.2. The van der Waals surface area contributed by atoms with E-state index in [1.165, 1.54) is 16.7 Å². The lowest BCUT2D eigenvalue weighted by Gasteiger charge is -2.33. The second kappa shape index (κ2) is 9.91. The van der Waals surface area contributed by atoms with Gasteiger partial charge in [0.05, 0.1) is 0 Å². The molecular formula is C26H29NOS. The van der Waals surface area contributed by atoms with Crippen molar-refractivity contribution in [1.29, 1.82) is 0 Å². The summed E-state index contributed by atoms with van der Waals surface area (Å²) in [5.74, 6) is 0. The number of nitrogens with zero attached hydrogens (tertiary/aromatic N) is 1. The first kappa shape index (κ1) is 21.4. The van der Waals surface area contributed by atoms with Crippen LogP contribution in [0.2, 0.25) is 0 Å². The summed E-state index contributed by atoms with van der Waals surface area (Å²) in [6.07, 6.45) is 3.94. The average molecular weight is 404 g/mol. The maximum Gasteiger partial charge on any atom is 0.112 e. The van der Waals surface area contributed by atoms with Crippen LogP contribution >= 0.6 is 11.9 Å². The van der Waals surface area contributed by atoms with Crippen LogP contribution in [-0.4, -0.2) is 18.9 Å². The standard InChI is InChI=1S/C26H29NOS/c1-4-20-25(2,28-3)21-27-29-26(22-14-8-5-9-15-22,23-16-10-6-11-17-23)24-18-12-7-13-19-24/h5-19,21H,4,20H2,1-3H3/b27-21+/t25-/m0/s1. The van der Waals surface area contributed by atoms with E-state index < -0.39 is 4.75 Å². The van der Waals surface area contributed by atoms with E-state index >= 15 is 0 Å². The molecule has 0 N–H and O–H groups in total. The Hall–Kier alpha value is -2.36. The molecule has 29 heavy (non-hydrogen) atoms. The molecule has 0 aromatic heterocycles. The van der Waals surface area contributed by atoms with Gasteiger partial charge in [0.2, 0.25) is 0 Å². The van der Waals surface area contributed by atoms with E-state index in [1.807, 2.05) is 6.21 Å². The highest BCUT2D eigenvalue weighted by molar-refractivity contribution is 7.99. The predicted molar refractivity (Wildman–Crippen MR) is 126 cm³/mol. The van der Waals surface area contributed by atoms with Gasteiger partial charge in [0.15, 0.2) is 0 Å². The summed E-state index contributed by atoms with van der Waals surface area (Å²) < 4.78 is 10.2. The van der Waals surface area contributed by atoms with Crippen molar-refractivity contribution in [3.63, 3.8) is 0 Å². The van der Waals surface area contributed by atoms with Crippen LogP contribution in [0, 0.1) is 0 Å². The molecule has 0 radical (unpaired) electrons. The number of methoxy groups -OCH3 is 1. The Balaban J connectivity index is 2.15. The van der Waals surface area contributed by atoms with Gasteiger partial charge >= 0.3 is 0 Å². The van der Waals surface area contributed by atoms with E-state index in [4.69, 9.17) is 9.13 Å². The van der Waals surface area contributed by atoms with Gasteiger partial charge in [0.25, 0.3) is 0 Å². The molecule has 0 bridgehead atoms. The molecule has 0 aliphatic heterocycles. The van der Waals surface area contributed by atoms with E-state index in [-0.39, 0.29) is 5.60 Å². The van der Waals surface area contributed by atoms with E-state index in [1.54, 1.807) is 19.1 Å². The maximum atomic E-state index is 5.75. The third kappa shape index (κ3) is 4.80. The Labute approximate surface area is 179 Å². The Kier molecular flexibility index (Phi) is 7.29. The topological polar surface area (TPSA) is 21.6 Å². The van der Waals surface area contributed by atoms with E-state index in [0.29, 0.717) is 0 Å². The molecule has 0 fully saturated rings. The molecular weight excluding hydrogens is 374 g/mol. The van der Waals surface area contributed by atoms with Crippen molar-refractivity contribution in [3.8, 4) is 0 Å². The molecule has 0 heterocycles. The summed E-state index contributed by atoms with van der Waals surface area (Å²) in [6.45, 7) is 4.26. The summed E-state index contributed by atoms with van der Waals surface area (Å²) in [5, 5.41) is 0. The maximum absolute atomic E-state index is 5.75. The Morgan fingerprint density at radius 1 is 0.793 bits per heavy atom. The first-order chi connectivity index (χ1) is 14.1. The summed E-state index contributed by atoms with van der Waals surface area (Å²) >= 11 is 1.59. The van der Waals surface area contributed by atoms with Crippen molar-refractivity contribution in [1.82, 2.24) is 0 Å². The molecule has 0 saturated carbocycles. The largest absolute Gasteiger partial charge is 0.373 e. The third-order valence-electron chi connectivity index (χ3n) is 5.27. The molecule has 0 aliphatic rings. The molecule has 0 aliphatic carbocycles. The van der Waals surface area contributed by atoms with E-state index in [9.17, 15) is 0 Å². The van der Waals surface area contributed by atoms with Gasteiger partial charge in [0.1, 0.15) is 10.3 Å². The van der Waals surface area contributed by atoms with Crippen LogP contribution in [0.4, 0.5) is 0 Å². The number of rotatable bonds is 9. The summed E-state index contributed by atoms with van der Waals surface area (Å²) in [6, 6.07) is 31.8. The molecule has 3 heteroatoms. The van der Waals surface area contributed by atoms with E-state index in [0.717, 1.165) is 12.8 Å². The fraction of sp³-hybridized carbons (Fsp3) is 0.269. The minimum atomic E-state index is -0.443. The highest BCUT2D eigenvalue weighted by Crippen LogP contribution is 2.48. The van der Waals surface area contributed by atoms with Gasteiger partial charge in [-0.1, -0.05) is 104 Å². The van der Waals surface area contributed by atoms with Crippen molar-refractivity contribution in [2.45, 2.75) is 37.0 Å². The molecule has 3 aromatic carbocycles. The molecule has 0 saturated heterocycles. The van der Waals surface area contributed by atoms with Gasteiger partial charge in [-0.3, -0.25) is 0 Å². The zero-order valence-electron chi connectivity index (χ0n) is 17.4. The van der Waals surface area contributed by atoms with Crippen LogP contribution in [0.3, 0.4) is 0 Å². The van der Waals surface area contributed by atoms with Crippen LogP contribution < -0.4 is 0 Å². The second-order valence-electron chi connectivity index (χ2n) is 7.37. The fourth-order valence-corrected chi connectivity index (χ4v) is 4.77. The first-order valence-electron chi connectivity index (χ1n) is 10.1. The lowest BCUT2D eigenvalue weighted by atomic mass is 9.84. The van der Waals surface area contributed by atoms with Crippen molar-refractivity contribution in [2.24, 2.45) is 4.40 Å². The molecule has 0 amide bonds. The molecule has 3 aromatic rings. The van der Waals surface area contributed by atoms with Gasteiger partial charge in [-0.05, 0) is 42.0 Å². The monoisotopic (exact) mass is 403 g/mol. The second-order valence-corrected chi connectivity index (χ2v) is 8.38. The normalized spacial score (nSPS) is 14.0. The van der Waals surface area contributed by atoms with Gasteiger partial charge in [-0.2, -0.15) is 0 Å². The zero-order valence-corrected chi connectivity index (χ0v) is 18.2. The molecule has 0 spiro atoms. The molecule has 3 rings (SSSR count). The van der Waals surface area contributed by atoms with Gasteiger partial charge in [-0.25, -0.2) is 4.40 Å². The van der Waals surface area contributed by atoms with Crippen LogP contribution in [0.25, 0.3) is 0 Å². The van der Waals surface area contributed by atoms with Crippen LogP contribution in [0.15, 0.2) is 95.4 Å². The lowest BCUT2D eigenvalue weighted by Crippen LogP contribution is -2.29. The quantitative estimate of drug-likeness (QED) is 0.220. The number of benzene rings is 3. The zero-order chi connectivity index (χ0) is 20.6. The SMILES string of the molecule is CCC[C@@](C)(/C=N/SC(c1ccccc1)(c1ccccc1)c1ccccc1)OC. The van der Waals surface area contributed by atoms with Gasteiger partial charge < -0.3 is 4.74 Å². The highest BCUT2D eigenvalue weighted by Gasteiger charge is 2.37. The van der Waals surface area contributed by atoms with Crippen molar-refractivity contribution >= 4 is 18.2 Å². The summed E-state index contributed by atoms with van der Waals surface area (Å²) in [7, 11) is 1.76. The fourth-order valence-electron chi connectivity index (χ4n) is 3.61. The summed E-state index contributed by atoms with van der Waals surface area (Å²) in [5.41, 5.74) is 3.25. The van der Waals surface area contributed by atoms with Gasteiger partial charge in [-0.15, -0.1) is 0 Å². The summed E-state index contributed by atoms with van der Waals surface area (Å²) in [4.78, 5) is 0. The number of ether oxygens (including phenoxy) is 1. The van der Waals surface area contributed by atoms with Crippen molar-refractivity contribution in [2.75, 3.05) is 7.11 Å². The lowest BCUT2D eigenvalue weighted by molar-refractivity contribution is 0.0627.